The van der Waals surface area contributed by atoms with Crippen LogP contribution in [0.5, 0.6) is 0 Å². The van der Waals surface area contributed by atoms with E-state index in [-0.39, 0.29) is 23.1 Å². The summed E-state index contributed by atoms with van der Waals surface area (Å²) in [5.41, 5.74) is 0.544. The molecule has 0 aliphatic rings. The lowest BCUT2D eigenvalue weighted by Crippen LogP contribution is -2.30. The Labute approximate surface area is 138 Å². The molecule has 0 atom stereocenters. The van der Waals surface area contributed by atoms with Gasteiger partial charge in [-0.2, -0.15) is 0 Å². The van der Waals surface area contributed by atoms with Crippen LogP contribution in [0, 0.1) is 5.82 Å². The Hall–Kier alpha value is -2.95. The first kappa shape index (κ1) is 15.9. The molecule has 0 spiro atoms. The summed E-state index contributed by atoms with van der Waals surface area (Å²) in [7, 11) is 0. The number of amides is 1. The van der Waals surface area contributed by atoms with Crippen LogP contribution in [-0.4, -0.2) is 10.5 Å². The van der Waals surface area contributed by atoms with Gasteiger partial charge in [-0.15, -0.1) is 0 Å². The van der Waals surface area contributed by atoms with E-state index in [2.05, 4.69) is 5.32 Å². The van der Waals surface area contributed by atoms with Crippen molar-refractivity contribution in [2.45, 2.75) is 19.9 Å². The minimum absolute atomic E-state index is 0.170. The van der Waals surface area contributed by atoms with Crippen molar-refractivity contribution in [1.29, 1.82) is 0 Å². The van der Waals surface area contributed by atoms with Crippen LogP contribution in [-0.2, 0) is 0 Å². The maximum absolute atomic E-state index is 13.0. The predicted molar refractivity (Wildman–Crippen MR) is 92.9 cm³/mol. The van der Waals surface area contributed by atoms with Crippen molar-refractivity contribution in [3.05, 3.63) is 76.5 Å². The molecule has 0 aliphatic carbocycles. The molecule has 0 radical (unpaired) electrons. The molecule has 3 aromatic rings. The van der Waals surface area contributed by atoms with Gasteiger partial charge in [-0.1, -0.05) is 18.2 Å². The first-order chi connectivity index (χ1) is 11.5. The number of rotatable bonds is 3. The van der Waals surface area contributed by atoms with Crippen LogP contribution in [0.25, 0.3) is 10.8 Å². The number of nitrogens with zero attached hydrogens (tertiary/aromatic N) is 1. The number of halogens is 1. The number of pyridine rings is 1. The van der Waals surface area contributed by atoms with Gasteiger partial charge in [0.1, 0.15) is 11.5 Å². The van der Waals surface area contributed by atoms with Crippen molar-refractivity contribution in [1.82, 2.24) is 4.57 Å². The maximum Gasteiger partial charge on any atom is 0.272 e. The molecule has 0 bridgehead atoms. The van der Waals surface area contributed by atoms with E-state index in [9.17, 15) is 14.0 Å². The Kier molecular flexibility index (Phi) is 4.16. The third-order valence-electron chi connectivity index (χ3n) is 3.81. The first-order valence-corrected chi connectivity index (χ1v) is 7.68. The molecule has 2 aromatic carbocycles. The van der Waals surface area contributed by atoms with E-state index < -0.39 is 5.91 Å². The smallest absolute Gasteiger partial charge is 0.272 e. The van der Waals surface area contributed by atoms with Gasteiger partial charge in [0.15, 0.2) is 0 Å². The Morgan fingerprint density at radius 2 is 1.75 bits per heavy atom. The second-order valence-electron chi connectivity index (χ2n) is 5.85. The molecule has 0 saturated carbocycles. The topological polar surface area (TPSA) is 51.1 Å². The Morgan fingerprint density at radius 3 is 2.42 bits per heavy atom. The monoisotopic (exact) mass is 324 g/mol. The van der Waals surface area contributed by atoms with Crippen LogP contribution in [0.4, 0.5) is 10.1 Å². The first-order valence-electron chi connectivity index (χ1n) is 7.68. The van der Waals surface area contributed by atoms with Crippen molar-refractivity contribution in [3.8, 4) is 0 Å². The van der Waals surface area contributed by atoms with Crippen LogP contribution < -0.4 is 10.9 Å². The molecule has 4 nitrogen and oxygen atoms in total. The zero-order valence-corrected chi connectivity index (χ0v) is 13.4. The van der Waals surface area contributed by atoms with E-state index in [4.69, 9.17) is 0 Å². The summed E-state index contributed by atoms with van der Waals surface area (Å²) < 4.78 is 14.5. The predicted octanol–water partition coefficient (Wildman–Crippen LogP) is 3.97. The lowest BCUT2D eigenvalue weighted by atomic mass is 10.1. The number of carbonyl (C=O) groups is 1. The molecule has 1 heterocycles. The van der Waals surface area contributed by atoms with E-state index >= 15 is 0 Å². The van der Waals surface area contributed by atoms with Crippen molar-refractivity contribution in [3.63, 3.8) is 0 Å². The summed E-state index contributed by atoms with van der Waals surface area (Å²) in [6, 6.07) is 14.2. The zero-order valence-electron chi connectivity index (χ0n) is 13.4. The zero-order chi connectivity index (χ0) is 17.3. The molecule has 0 unspecified atom stereocenters. The largest absolute Gasteiger partial charge is 0.321 e. The second-order valence-corrected chi connectivity index (χ2v) is 5.85. The summed E-state index contributed by atoms with van der Waals surface area (Å²) in [4.78, 5) is 25.4. The summed E-state index contributed by atoms with van der Waals surface area (Å²) >= 11 is 0. The van der Waals surface area contributed by atoms with Gasteiger partial charge in [-0.3, -0.25) is 9.59 Å². The summed E-state index contributed by atoms with van der Waals surface area (Å²) in [6.07, 6.45) is 0. The molecule has 5 heteroatoms. The quantitative estimate of drug-likeness (QED) is 0.792. The van der Waals surface area contributed by atoms with Gasteiger partial charge in [-0.25, -0.2) is 4.39 Å². The molecule has 1 aromatic heterocycles. The van der Waals surface area contributed by atoms with Crippen molar-refractivity contribution < 1.29 is 9.18 Å². The molecule has 3 rings (SSSR count). The molecule has 1 amide bonds. The average molecular weight is 324 g/mol. The minimum atomic E-state index is -0.404. The lowest BCUT2D eigenvalue weighted by Gasteiger charge is -2.17. The fraction of sp³-hybridized carbons (Fsp3) is 0.158. The number of hydrogen-bond donors (Lipinski definition) is 1. The van der Waals surface area contributed by atoms with Crippen LogP contribution in [0.1, 0.15) is 30.4 Å². The molecule has 0 saturated heterocycles. The number of carbonyl (C=O) groups excluding carboxylic acids is 1. The second kappa shape index (κ2) is 6.28. The van der Waals surface area contributed by atoms with Gasteiger partial charge < -0.3 is 9.88 Å². The summed E-state index contributed by atoms with van der Waals surface area (Å²) in [5.74, 6) is -0.782. The highest BCUT2D eigenvalue weighted by molar-refractivity contribution is 6.05. The number of benzene rings is 2. The highest BCUT2D eigenvalue weighted by Crippen LogP contribution is 2.17. The number of anilines is 1. The Bertz CT molecular complexity index is 959. The van der Waals surface area contributed by atoms with Gasteiger partial charge in [0.25, 0.3) is 11.5 Å². The van der Waals surface area contributed by atoms with Gasteiger partial charge >= 0.3 is 0 Å². The standard InChI is InChI=1S/C19H17FN2O2/c1-12(2)22-17(11-13-5-3-4-6-16(13)19(22)24)18(23)21-15-9-7-14(20)8-10-15/h3-12H,1-2H3,(H,21,23). The molecular weight excluding hydrogens is 307 g/mol. The fourth-order valence-electron chi connectivity index (χ4n) is 2.69. The molecular formula is C19H17FN2O2. The van der Waals surface area contributed by atoms with Crippen LogP contribution >= 0.6 is 0 Å². The van der Waals surface area contributed by atoms with E-state index in [0.717, 1.165) is 0 Å². The summed E-state index contributed by atoms with van der Waals surface area (Å²) in [5, 5.41) is 3.99. The van der Waals surface area contributed by atoms with Gasteiger partial charge in [-0.05, 0) is 55.6 Å². The van der Waals surface area contributed by atoms with Gasteiger partial charge in [0, 0.05) is 17.1 Å². The van der Waals surface area contributed by atoms with Crippen molar-refractivity contribution in [2.24, 2.45) is 0 Å². The van der Waals surface area contributed by atoms with Crippen LogP contribution in [0.2, 0.25) is 0 Å². The third kappa shape index (κ3) is 2.93. The summed E-state index contributed by atoms with van der Waals surface area (Å²) in [6.45, 7) is 3.70. The molecule has 122 valence electrons. The molecule has 0 aliphatic heterocycles. The van der Waals surface area contributed by atoms with Crippen molar-refractivity contribution >= 4 is 22.4 Å². The normalized spacial score (nSPS) is 11.0. The highest BCUT2D eigenvalue weighted by Gasteiger charge is 2.17. The van der Waals surface area contributed by atoms with Crippen LogP contribution in [0.3, 0.4) is 0 Å². The number of aromatic nitrogens is 1. The maximum atomic E-state index is 13.0. The minimum Gasteiger partial charge on any atom is -0.321 e. The molecule has 0 fully saturated rings. The fourth-order valence-corrected chi connectivity index (χ4v) is 2.69. The van der Waals surface area contributed by atoms with Gasteiger partial charge in [0.05, 0.1) is 0 Å². The van der Waals surface area contributed by atoms with E-state index in [0.29, 0.717) is 16.5 Å². The highest BCUT2D eigenvalue weighted by atomic mass is 19.1. The molecule has 24 heavy (non-hydrogen) atoms. The number of fused-ring (bicyclic) bond motifs is 1. The lowest BCUT2D eigenvalue weighted by molar-refractivity contribution is 0.101. The third-order valence-corrected chi connectivity index (χ3v) is 3.81. The SMILES string of the molecule is CC(C)n1c(C(=O)Nc2ccc(F)cc2)cc2ccccc2c1=O. The van der Waals surface area contributed by atoms with Crippen molar-refractivity contribution in [2.75, 3.05) is 5.32 Å². The van der Waals surface area contributed by atoms with E-state index in [1.54, 1.807) is 24.3 Å². The van der Waals surface area contributed by atoms with Gasteiger partial charge in [0.2, 0.25) is 0 Å². The van der Waals surface area contributed by atoms with Crippen LogP contribution in [0.15, 0.2) is 59.4 Å². The average Bonchev–Trinajstić information content (AvgIpc) is 2.56. The Morgan fingerprint density at radius 1 is 1.08 bits per heavy atom. The number of hydrogen-bond acceptors (Lipinski definition) is 2. The number of nitrogens with one attached hydrogen (secondary N) is 1. The molecule has 1 N–H and O–H groups in total. The van der Waals surface area contributed by atoms with E-state index in [1.165, 1.54) is 28.8 Å². The van der Waals surface area contributed by atoms with E-state index in [1.807, 2.05) is 19.9 Å². The Balaban J connectivity index is 2.10.